The van der Waals surface area contributed by atoms with Gasteiger partial charge >= 0.3 is 23.9 Å². The minimum atomic E-state index is -0.617. The Bertz CT molecular complexity index is 993. The molecule has 0 heterocycles. The van der Waals surface area contributed by atoms with E-state index in [2.05, 4.69) is 22.6 Å². The Morgan fingerprint density at radius 1 is 0.658 bits per heavy atom. The van der Waals surface area contributed by atoms with E-state index in [1.807, 2.05) is 0 Å². The number of esters is 4. The first-order valence-corrected chi connectivity index (χ1v) is 12.7. The largest absolute Gasteiger partial charge is 0.462 e. The molecule has 0 aromatic carbocycles. The maximum atomic E-state index is 12.0. The monoisotopic (exact) mass is 534 g/mol. The molecular weight excluding hydrogens is 496 g/mol. The van der Waals surface area contributed by atoms with Gasteiger partial charge in [0.2, 0.25) is 0 Å². The third-order valence-corrected chi connectivity index (χ3v) is 6.66. The molecule has 4 aliphatic carbocycles. The molecule has 0 aromatic heterocycles. The average Bonchev–Trinajstić information content (AvgIpc) is 2.74. The van der Waals surface area contributed by atoms with Gasteiger partial charge in [0.25, 0.3) is 0 Å². The van der Waals surface area contributed by atoms with Gasteiger partial charge in [-0.2, -0.15) is 0 Å². The summed E-state index contributed by atoms with van der Waals surface area (Å²) in [7, 11) is 0. The molecule has 2 atom stereocenters. The van der Waals surface area contributed by atoms with E-state index in [0.29, 0.717) is 23.8 Å². The fourth-order valence-corrected chi connectivity index (χ4v) is 5.77. The summed E-state index contributed by atoms with van der Waals surface area (Å²) >= 11 is 0. The molecule has 10 nitrogen and oxygen atoms in total. The van der Waals surface area contributed by atoms with Gasteiger partial charge in [0.1, 0.15) is 48.8 Å². The first-order valence-electron chi connectivity index (χ1n) is 12.7. The number of Topliss-reactive ketones (excluding diaryl/α,β-unsaturated/α-hetero) is 2. The molecule has 0 aromatic rings. The highest BCUT2D eigenvalue weighted by Gasteiger charge is 2.61. The van der Waals surface area contributed by atoms with Gasteiger partial charge in [0.15, 0.2) is 0 Å². The molecule has 4 bridgehead atoms. The van der Waals surface area contributed by atoms with E-state index in [-0.39, 0.29) is 49.2 Å². The third-order valence-electron chi connectivity index (χ3n) is 6.66. The van der Waals surface area contributed by atoms with Crippen molar-refractivity contribution in [2.45, 2.75) is 90.3 Å². The number of ketones is 2. The van der Waals surface area contributed by atoms with Crippen LogP contribution in [0.5, 0.6) is 0 Å². The Hall–Kier alpha value is -3.30. The predicted octanol–water partition coefficient (Wildman–Crippen LogP) is 3.35. The van der Waals surface area contributed by atoms with Gasteiger partial charge < -0.3 is 18.9 Å². The van der Waals surface area contributed by atoms with Gasteiger partial charge in [-0.3, -0.25) is 19.2 Å². The van der Waals surface area contributed by atoms with Crippen LogP contribution >= 0.6 is 0 Å². The number of hydrogen-bond acceptors (Lipinski definition) is 10. The van der Waals surface area contributed by atoms with Crippen LogP contribution in [0.25, 0.3) is 0 Å². The molecule has 4 saturated carbocycles. The molecule has 10 heteroatoms. The zero-order chi connectivity index (χ0) is 28.7. The molecular formula is C28H38O10. The molecule has 0 radical (unpaired) electrons. The lowest BCUT2D eigenvalue weighted by Gasteiger charge is -2.60. The molecule has 210 valence electrons. The van der Waals surface area contributed by atoms with E-state index in [9.17, 15) is 28.8 Å². The summed E-state index contributed by atoms with van der Waals surface area (Å²) in [5, 5.41) is 0. The summed E-state index contributed by atoms with van der Waals surface area (Å²) in [6, 6.07) is 0. The van der Waals surface area contributed by atoms with Gasteiger partial charge in [-0.05, 0) is 71.6 Å². The van der Waals surface area contributed by atoms with E-state index in [4.69, 9.17) is 9.47 Å². The van der Waals surface area contributed by atoms with Crippen LogP contribution in [0, 0.1) is 11.8 Å². The maximum Gasteiger partial charge on any atom is 0.333 e. The maximum absolute atomic E-state index is 12.0. The Labute approximate surface area is 223 Å². The smallest absolute Gasteiger partial charge is 0.333 e. The molecule has 0 aliphatic heterocycles. The molecule has 4 rings (SSSR count). The summed E-state index contributed by atoms with van der Waals surface area (Å²) in [6.07, 6.45) is 4.54. The number of hydrogen-bond donors (Lipinski definition) is 0. The summed E-state index contributed by atoms with van der Waals surface area (Å²) in [5.41, 5.74) is -0.420. The number of carbonyl (C=O) groups excluding carboxylic acids is 6. The normalized spacial score (nSPS) is 26.2. The predicted molar refractivity (Wildman–Crippen MR) is 134 cm³/mol. The molecule has 0 spiro atoms. The van der Waals surface area contributed by atoms with Crippen LogP contribution in [0.4, 0.5) is 0 Å². The first-order chi connectivity index (χ1) is 17.6. The van der Waals surface area contributed by atoms with Gasteiger partial charge in [-0.1, -0.05) is 13.2 Å². The summed E-state index contributed by atoms with van der Waals surface area (Å²) in [6.45, 7) is 12.8. The molecule has 0 amide bonds. The molecule has 0 N–H and O–H groups in total. The molecule has 2 unspecified atom stereocenters. The second-order valence-electron chi connectivity index (χ2n) is 10.9. The number of rotatable bonds is 11. The van der Waals surface area contributed by atoms with Crippen LogP contribution in [0.15, 0.2) is 24.3 Å². The lowest BCUT2D eigenvalue weighted by molar-refractivity contribution is -0.229. The van der Waals surface area contributed by atoms with Gasteiger partial charge in [0.05, 0.1) is 0 Å². The van der Waals surface area contributed by atoms with E-state index >= 15 is 0 Å². The quantitative estimate of drug-likeness (QED) is 0.127. The second-order valence-corrected chi connectivity index (χ2v) is 10.9. The zero-order valence-corrected chi connectivity index (χ0v) is 22.7. The Kier molecular flexibility index (Phi) is 10.6. The highest BCUT2D eigenvalue weighted by molar-refractivity contribution is 5.94. The summed E-state index contributed by atoms with van der Waals surface area (Å²) < 4.78 is 20.8. The van der Waals surface area contributed by atoms with Crippen molar-refractivity contribution >= 4 is 35.4 Å². The number of ether oxygens (including phenoxy) is 4. The highest BCUT2D eigenvalue weighted by atomic mass is 16.6. The van der Waals surface area contributed by atoms with Crippen LogP contribution < -0.4 is 0 Å². The van der Waals surface area contributed by atoms with Crippen LogP contribution in [0.3, 0.4) is 0 Å². The fraction of sp³-hybridized carbons (Fsp3) is 0.643. The van der Waals surface area contributed by atoms with Crippen LogP contribution in [-0.2, 0) is 47.7 Å². The van der Waals surface area contributed by atoms with Crippen LogP contribution in [-0.4, -0.2) is 59.9 Å². The van der Waals surface area contributed by atoms with E-state index in [1.165, 1.54) is 20.8 Å². The van der Waals surface area contributed by atoms with Crippen molar-refractivity contribution in [2.24, 2.45) is 11.8 Å². The van der Waals surface area contributed by atoms with Crippen molar-refractivity contribution in [3.63, 3.8) is 0 Å². The standard InChI is InChI=1S/C18H24O5.C10H14O5/c1-11(2)16(21)23-18-8-13-5-14(9-18)7-17(6-13,10-18)22-15(20)4-12(3)19;1-7(2)10(13)15-5-4-14-9(12)6-8(3)11/h13-14H,1,4-10H2,2-3H3;1,4-6H2,2-3H3. The Morgan fingerprint density at radius 2 is 1.11 bits per heavy atom. The molecule has 0 saturated heterocycles. The van der Waals surface area contributed by atoms with Crippen molar-refractivity contribution in [1.82, 2.24) is 0 Å². The fourth-order valence-electron chi connectivity index (χ4n) is 5.77. The third kappa shape index (κ3) is 9.22. The Morgan fingerprint density at radius 3 is 1.58 bits per heavy atom. The van der Waals surface area contributed by atoms with Crippen molar-refractivity contribution in [3.05, 3.63) is 24.3 Å². The van der Waals surface area contributed by atoms with Gasteiger partial charge in [0, 0.05) is 17.6 Å². The topological polar surface area (TPSA) is 139 Å². The molecule has 4 aliphatic rings. The van der Waals surface area contributed by atoms with E-state index in [1.54, 1.807) is 6.92 Å². The Balaban J connectivity index is 0.000000296. The first kappa shape index (κ1) is 30.9. The van der Waals surface area contributed by atoms with E-state index < -0.39 is 29.1 Å². The van der Waals surface area contributed by atoms with E-state index in [0.717, 1.165) is 32.1 Å². The second kappa shape index (κ2) is 13.0. The minimum absolute atomic E-state index is 0.0324. The highest BCUT2D eigenvalue weighted by Crippen LogP contribution is 2.60. The van der Waals surface area contributed by atoms with Gasteiger partial charge in [-0.15, -0.1) is 0 Å². The summed E-state index contributed by atoms with van der Waals surface area (Å²) in [4.78, 5) is 67.3. The van der Waals surface area contributed by atoms with Crippen molar-refractivity contribution in [2.75, 3.05) is 13.2 Å². The van der Waals surface area contributed by atoms with Crippen LogP contribution in [0.2, 0.25) is 0 Å². The molecule has 4 fully saturated rings. The molecule has 38 heavy (non-hydrogen) atoms. The zero-order valence-electron chi connectivity index (χ0n) is 22.7. The van der Waals surface area contributed by atoms with Crippen molar-refractivity contribution < 1.29 is 47.7 Å². The minimum Gasteiger partial charge on any atom is -0.462 e. The average molecular weight is 535 g/mol. The lowest BCUT2D eigenvalue weighted by atomic mass is 9.52. The summed E-state index contributed by atoms with van der Waals surface area (Å²) in [5.74, 6) is -1.59. The van der Waals surface area contributed by atoms with Crippen molar-refractivity contribution in [3.8, 4) is 0 Å². The van der Waals surface area contributed by atoms with Crippen LogP contribution in [0.1, 0.15) is 79.1 Å². The number of carbonyl (C=O) groups is 6. The SMILES string of the molecule is C=C(C)C(=O)OC12CC3CC(CC(OC(=O)CC(C)=O)(C3)C1)C2.C=C(C)C(=O)OCCOC(=O)CC(C)=O. The van der Waals surface area contributed by atoms with Gasteiger partial charge in [-0.25, -0.2) is 9.59 Å². The van der Waals surface area contributed by atoms with Crippen molar-refractivity contribution in [1.29, 1.82) is 0 Å². The lowest BCUT2D eigenvalue weighted by Crippen LogP contribution is -2.61.